The summed E-state index contributed by atoms with van der Waals surface area (Å²) in [5, 5.41) is 4.38. The summed E-state index contributed by atoms with van der Waals surface area (Å²) < 4.78 is 1.13. The molecule has 2 amide bonds. The molecule has 0 atom stereocenters. The third-order valence-electron chi connectivity index (χ3n) is 7.38. The summed E-state index contributed by atoms with van der Waals surface area (Å²) in [5.41, 5.74) is 6.85. The summed E-state index contributed by atoms with van der Waals surface area (Å²) >= 11 is 1.62. The van der Waals surface area contributed by atoms with Gasteiger partial charge in [-0.25, -0.2) is 19.7 Å². The van der Waals surface area contributed by atoms with E-state index >= 15 is 0 Å². The molecule has 5 heterocycles. The van der Waals surface area contributed by atoms with E-state index in [0.29, 0.717) is 19.1 Å². The molecule has 10 heteroatoms. The number of benzene rings is 1. The number of carbonyl (C=O) groups excluding carboxylic acids is 1. The normalized spacial score (nSPS) is 17.5. The Bertz CT molecular complexity index is 1430. The van der Waals surface area contributed by atoms with Crippen molar-refractivity contribution in [1.82, 2.24) is 34.6 Å². The van der Waals surface area contributed by atoms with Gasteiger partial charge in [-0.15, -0.1) is 11.3 Å². The Morgan fingerprint density at radius 1 is 1.17 bits per heavy atom. The maximum atomic E-state index is 13.1. The topological polar surface area (TPSA) is 93.3 Å². The van der Waals surface area contributed by atoms with Gasteiger partial charge in [-0.05, 0) is 69.2 Å². The van der Waals surface area contributed by atoms with Crippen molar-refractivity contribution in [1.29, 1.82) is 0 Å². The molecule has 9 nitrogen and oxygen atoms in total. The van der Waals surface area contributed by atoms with E-state index in [4.69, 9.17) is 0 Å². The van der Waals surface area contributed by atoms with Crippen molar-refractivity contribution >= 4 is 55.7 Å². The molecule has 36 heavy (non-hydrogen) atoms. The number of nitrogens with zero attached hydrogens (tertiary/aromatic N) is 6. The molecular formula is C26H30N8OS. The Morgan fingerprint density at radius 3 is 2.83 bits per heavy atom. The van der Waals surface area contributed by atoms with Gasteiger partial charge in [0.25, 0.3) is 0 Å². The number of likely N-dealkylation sites (tertiary alicyclic amines) is 1. The van der Waals surface area contributed by atoms with Crippen LogP contribution in [0.15, 0.2) is 42.2 Å². The van der Waals surface area contributed by atoms with Gasteiger partial charge in [0.1, 0.15) is 17.8 Å². The van der Waals surface area contributed by atoms with Crippen LogP contribution in [0.1, 0.15) is 25.0 Å². The smallest absolute Gasteiger partial charge is 0.320 e. The summed E-state index contributed by atoms with van der Waals surface area (Å²) in [7, 11) is 4.10. The van der Waals surface area contributed by atoms with Crippen molar-refractivity contribution in [2.24, 2.45) is 0 Å². The number of piperidine rings is 1. The number of thiazole rings is 1. The molecule has 0 bridgehead atoms. The van der Waals surface area contributed by atoms with Crippen LogP contribution in [0.5, 0.6) is 0 Å². The first-order valence-electron chi connectivity index (χ1n) is 12.4. The number of nitrogens with one attached hydrogen (secondary N) is 2. The fraction of sp³-hybridized carbons (Fsp3) is 0.385. The number of H-pyrrole nitrogens is 1. The predicted molar refractivity (Wildman–Crippen MR) is 145 cm³/mol. The first-order chi connectivity index (χ1) is 17.5. The molecule has 0 spiro atoms. The molecule has 4 aromatic rings. The fourth-order valence-corrected chi connectivity index (χ4v) is 5.85. The summed E-state index contributed by atoms with van der Waals surface area (Å²) in [6.45, 7) is 3.42. The van der Waals surface area contributed by atoms with E-state index in [1.807, 2.05) is 34.5 Å². The number of hydrogen-bond acceptors (Lipinski definition) is 7. The highest BCUT2D eigenvalue weighted by Crippen LogP contribution is 2.30. The highest BCUT2D eigenvalue weighted by atomic mass is 32.1. The number of aromatic amines is 1. The molecule has 0 unspecified atom stereocenters. The van der Waals surface area contributed by atoms with Crippen molar-refractivity contribution in [2.75, 3.05) is 45.6 Å². The first kappa shape index (κ1) is 22.9. The molecule has 0 saturated carbocycles. The molecule has 0 aliphatic carbocycles. The van der Waals surface area contributed by atoms with Crippen molar-refractivity contribution in [3.8, 4) is 0 Å². The van der Waals surface area contributed by atoms with Gasteiger partial charge in [0.15, 0.2) is 0 Å². The monoisotopic (exact) mass is 502 g/mol. The molecule has 2 aliphatic rings. The minimum Gasteiger partial charge on any atom is -0.340 e. The van der Waals surface area contributed by atoms with Gasteiger partial charge >= 0.3 is 6.03 Å². The van der Waals surface area contributed by atoms with Crippen molar-refractivity contribution < 1.29 is 4.79 Å². The van der Waals surface area contributed by atoms with Crippen LogP contribution in [-0.2, 0) is 0 Å². The lowest BCUT2D eigenvalue weighted by Gasteiger charge is -2.38. The van der Waals surface area contributed by atoms with Crippen LogP contribution in [0.3, 0.4) is 0 Å². The zero-order valence-electron chi connectivity index (χ0n) is 20.6. The molecule has 6 rings (SSSR count). The van der Waals surface area contributed by atoms with Crippen LogP contribution in [0.4, 0.5) is 16.3 Å². The highest BCUT2D eigenvalue weighted by Gasteiger charge is 2.28. The van der Waals surface area contributed by atoms with Crippen molar-refractivity contribution in [2.45, 2.75) is 25.3 Å². The van der Waals surface area contributed by atoms with Crippen LogP contribution in [0, 0.1) is 0 Å². The highest BCUT2D eigenvalue weighted by molar-refractivity contribution is 7.16. The number of carbonyl (C=O) groups is 1. The van der Waals surface area contributed by atoms with Gasteiger partial charge in [0.05, 0.1) is 21.1 Å². The van der Waals surface area contributed by atoms with E-state index in [2.05, 4.69) is 55.4 Å². The standard InChI is InChI=1S/C26H30N8OS/c1-32-9-7-19(8-10-32)33(2)26(35)34-11-5-17(6-12-34)22-14-20-24(27-15-28-25(20)31-22)30-18-3-4-21-23(13-18)36-16-29-21/h3-5,13-16,19H,6-12H2,1-2H3,(H2,27,28,30,31). The second-order valence-corrected chi connectivity index (χ2v) is 10.6. The Morgan fingerprint density at radius 2 is 2.03 bits per heavy atom. The van der Waals surface area contributed by atoms with Gasteiger partial charge in [-0.3, -0.25) is 0 Å². The fourth-order valence-electron chi connectivity index (χ4n) is 5.13. The van der Waals surface area contributed by atoms with E-state index in [0.717, 1.165) is 70.8 Å². The average Bonchev–Trinajstić information content (AvgIpc) is 3.56. The number of rotatable bonds is 4. The van der Waals surface area contributed by atoms with Gasteiger partial charge < -0.3 is 25.0 Å². The lowest BCUT2D eigenvalue weighted by molar-refractivity contribution is 0.122. The first-order valence-corrected chi connectivity index (χ1v) is 13.3. The van der Waals surface area contributed by atoms with Gasteiger partial charge in [-0.1, -0.05) is 6.08 Å². The van der Waals surface area contributed by atoms with Crippen LogP contribution in [-0.4, -0.2) is 87.0 Å². The van der Waals surface area contributed by atoms with Crippen LogP contribution in [0.25, 0.3) is 26.8 Å². The molecule has 3 aromatic heterocycles. The second-order valence-electron chi connectivity index (χ2n) is 9.68. The summed E-state index contributed by atoms with van der Waals surface area (Å²) in [5.74, 6) is 0.763. The van der Waals surface area contributed by atoms with E-state index in [9.17, 15) is 4.79 Å². The zero-order chi connectivity index (χ0) is 24.6. The Hall–Kier alpha value is -3.50. The van der Waals surface area contributed by atoms with Gasteiger partial charge in [0, 0.05) is 37.6 Å². The SMILES string of the molecule is CN1CCC(N(C)C(=O)N2CC=C(c3cc4c(Nc5ccc6ncsc6c5)ncnc4[nH]3)CC2)CC1. The quantitative estimate of drug-likeness (QED) is 0.425. The van der Waals surface area contributed by atoms with Crippen molar-refractivity contribution in [3.05, 3.63) is 47.9 Å². The molecule has 1 fully saturated rings. The summed E-state index contributed by atoms with van der Waals surface area (Å²) in [6, 6.07) is 8.69. The number of amides is 2. The van der Waals surface area contributed by atoms with Gasteiger partial charge in [-0.2, -0.15) is 0 Å². The molecule has 186 valence electrons. The number of urea groups is 1. The Labute approximate surface area is 213 Å². The van der Waals surface area contributed by atoms with E-state index in [1.54, 1.807) is 17.7 Å². The van der Waals surface area contributed by atoms with Crippen LogP contribution >= 0.6 is 11.3 Å². The Kier molecular flexibility index (Phi) is 6.06. The van der Waals surface area contributed by atoms with E-state index in [1.165, 1.54) is 5.57 Å². The lowest BCUT2D eigenvalue weighted by Crippen LogP contribution is -2.50. The largest absolute Gasteiger partial charge is 0.340 e. The predicted octanol–water partition coefficient (Wildman–Crippen LogP) is 4.55. The molecule has 2 N–H and O–H groups in total. The van der Waals surface area contributed by atoms with E-state index < -0.39 is 0 Å². The number of anilines is 2. The molecule has 0 radical (unpaired) electrons. The lowest BCUT2D eigenvalue weighted by atomic mass is 10.0. The molecule has 2 aliphatic heterocycles. The van der Waals surface area contributed by atoms with Crippen LogP contribution < -0.4 is 5.32 Å². The molecule has 1 aromatic carbocycles. The number of hydrogen-bond donors (Lipinski definition) is 2. The molecule has 1 saturated heterocycles. The minimum atomic E-state index is 0.131. The number of aromatic nitrogens is 4. The van der Waals surface area contributed by atoms with Crippen molar-refractivity contribution in [3.63, 3.8) is 0 Å². The second kappa shape index (κ2) is 9.51. The van der Waals surface area contributed by atoms with Gasteiger partial charge in [0.2, 0.25) is 0 Å². The third kappa shape index (κ3) is 4.42. The summed E-state index contributed by atoms with van der Waals surface area (Å²) in [6.07, 6.45) is 6.62. The third-order valence-corrected chi connectivity index (χ3v) is 8.17. The number of fused-ring (bicyclic) bond motifs is 2. The maximum Gasteiger partial charge on any atom is 0.320 e. The summed E-state index contributed by atoms with van der Waals surface area (Å²) in [4.78, 5) is 36.1. The average molecular weight is 503 g/mol. The molecular weight excluding hydrogens is 472 g/mol. The van der Waals surface area contributed by atoms with E-state index in [-0.39, 0.29) is 6.03 Å². The maximum absolute atomic E-state index is 13.1. The Balaban J connectivity index is 1.17. The minimum absolute atomic E-state index is 0.131. The van der Waals surface area contributed by atoms with Crippen LogP contribution in [0.2, 0.25) is 0 Å². The zero-order valence-corrected chi connectivity index (χ0v) is 21.4.